The highest BCUT2D eigenvalue weighted by molar-refractivity contribution is 5.82. The third-order valence-corrected chi connectivity index (χ3v) is 4.26. The van der Waals surface area contributed by atoms with Crippen molar-refractivity contribution in [2.24, 2.45) is 5.73 Å². The summed E-state index contributed by atoms with van der Waals surface area (Å²) in [7, 11) is 0. The van der Waals surface area contributed by atoms with Crippen molar-refractivity contribution in [2.45, 2.75) is 31.1 Å². The minimum atomic E-state index is -4.92. The summed E-state index contributed by atoms with van der Waals surface area (Å²) in [6, 6.07) is 11.7. The molecule has 0 saturated heterocycles. The first kappa shape index (κ1) is 23.6. The van der Waals surface area contributed by atoms with Gasteiger partial charge in [0.15, 0.2) is 0 Å². The normalized spacial score (nSPS) is 13.8. The number of carboxylic acids is 1. The van der Waals surface area contributed by atoms with Crippen LogP contribution in [-0.2, 0) is 16.1 Å². The predicted octanol–water partition coefficient (Wildman–Crippen LogP) is 3.18. The van der Waals surface area contributed by atoms with Crippen molar-refractivity contribution in [3.63, 3.8) is 0 Å². The Morgan fingerprint density at radius 1 is 1.16 bits per heavy atom. The number of anilines is 2. The number of carbonyl (C=O) groups excluding carboxylic acids is 1. The van der Waals surface area contributed by atoms with Crippen molar-refractivity contribution < 1.29 is 32.3 Å². The number of carbonyl (C=O) groups is 2. The fourth-order valence-electron chi connectivity index (χ4n) is 2.21. The van der Waals surface area contributed by atoms with Crippen LogP contribution >= 0.6 is 0 Å². The average Bonchev–Trinajstić information content (AvgIpc) is 3.47. The summed E-state index contributed by atoms with van der Waals surface area (Å²) >= 11 is 0. The van der Waals surface area contributed by atoms with Gasteiger partial charge in [-0.3, -0.25) is 9.59 Å². The number of benzene rings is 2. The number of hydrogen-bond donors (Lipinski definition) is 4. The fraction of sp³-hybridized carbons (Fsp3) is 0.250. The van der Waals surface area contributed by atoms with E-state index < -0.39 is 29.4 Å². The number of hydrogen-bond acceptors (Lipinski definition) is 5. The summed E-state index contributed by atoms with van der Waals surface area (Å²) in [6.45, 7) is -0.265. The van der Waals surface area contributed by atoms with Crippen molar-refractivity contribution in [3.05, 3.63) is 59.4 Å². The van der Waals surface area contributed by atoms with Gasteiger partial charge in [-0.1, -0.05) is 12.1 Å². The lowest BCUT2D eigenvalue weighted by Crippen LogP contribution is -2.36. The van der Waals surface area contributed by atoms with Gasteiger partial charge in [0.2, 0.25) is 0 Å². The van der Waals surface area contributed by atoms with Crippen LogP contribution in [0.3, 0.4) is 0 Å². The Bertz CT molecular complexity index is 997. The van der Waals surface area contributed by atoms with Crippen LogP contribution in [0.1, 0.15) is 24.0 Å². The maximum atomic E-state index is 13.1. The number of halogens is 4. The number of amides is 1. The van der Waals surface area contributed by atoms with Crippen LogP contribution in [0.15, 0.2) is 42.5 Å². The van der Waals surface area contributed by atoms with Gasteiger partial charge in [-0.15, -0.1) is 0 Å². The van der Waals surface area contributed by atoms with Crippen LogP contribution in [0.4, 0.5) is 28.9 Å². The van der Waals surface area contributed by atoms with E-state index in [-0.39, 0.29) is 12.1 Å². The molecule has 0 aliphatic heterocycles. The topological polar surface area (TPSA) is 128 Å². The second-order valence-corrected chi connectivity index (χ2v) is 6.77. The van der Waals surface area contributed by atoms with Crippen LogP contribution in [0.5, 0.6) is 0 Å². The number of nitrogens with zero attached hydrogens (tertiary/aromatic N) is 1. The van der Waals surface area contributed by atoms with Gasteiger partial charge >= 0.3 is 18.1 Å². The van der Waals surface area contributed by atoms with Gasteiger partial charge < -0.3 is 21.5 Å². The first-order valence-electron chi connectivity index (χ1n) is 8.87. The maximum Gasteiger partial charge on any atom is 0.471 e. The van der Waals surface area contributed by atoms with Gasteiger partial charge in [0.1, 0.15) is 17.4 Å². The van der Waals surface area contributed by atoms with Crippen molar-refractivity contribution >= 4 is 23.3 Å². The van der Waals surface area contributed by atoms with E-state index in [1.807, 2.05) is 6.07 Å². The lowest BCUT2D eigenvalue weighted by molar-refractivity contribution is -0.173. The molecule has 5 N–H and O–H groups in total. The fourth-order valence-corrected chi connectivity index (χ4v) is 2.21. The Hall–Kier alpha value is -3.65. The summed E-state index contributed by atoms with van der Waals surface area (Å²) in [6.07, 6.45) is -3.64. The van der Waals surface area contributed by atoms with Crippen LogP contribution in [0.25, 0.3) is 0 Å². The zero-order chi connectivity index (χ0) is 23.2. The largest absolute Gasteiger partial charge is 0.480 e. The lowest BCUT2D eigenvalue weighted by Gasteiger charge is -2.10. The van der Waals surface area contributed by atoms with E-state index in [1.165, 1.54) is 24.3 Å². The molecule has 11 heteroatoms. The van der Waals surface area contributed by atoms with E-state index in [9.17, 15) is 27.2 Å². The van der Waals surface area contributed by atoms with Crippen molar-refractivity contribution in [1.82, 2.24) is 5.32 Å². The number of rotatable bonds is 5. The highest BCUT2D eigenvalue weighted by Gasteiger charge is 2.46. The molecule has 0 unspecified atom stereocenters. The Balaban J connectivity index is 0.000000412. The molecular weight excluding hydrogens is 420 g/mol. The summed E-state index contributed by atoms with van der Waals surface area (Å²) < 4.78 is 49.3. The number of nitriles is 1. The molecule has 0 radical (unpaired) electrons. The Morgan fingerprint density at radius 2 is 1.77 bits per heavy atom. The Labute approximate surface area is 174 Å². The third kappa shape index (κ3) is 6.97. The van der Waals surface area contributed by atoms with Gasteiger partial charge in [0.05, 0.1) is 11.3 Å². The van der Waals surface area contributed by atoms with Crippen molar-refractivity contribution in [2.75, 3.05) is 5.32 Å². The molecule has 3 rings (SSSR count). The number of nitrogens with two attached hydrogens (primary N) is 1. The molecule has 164 valence electrons. The van der Waals surface area contributed by atoms with Gasteiger partial charge in [-0.05, 0) is 48.7 Å². The zero-order valence-corrected chi connectivity index (χ0v) is 16.0. The van der Waals surface area contributed by atoms with Gasteiger partial charge in [-0.2, -0.15) is 18.4 Å². The van der Waals surface area contributed by atoms with Crippen LogP contribution < -0.4 is 16.4 Å². The highest BCUT2D eigenvalue weighted by Crippen LogP contribution is 2.31. The molecule has 2 aromatic carbocycles. The maximum absolute atomic E-state index is 13.1. The SMILES string of the molecule is N#Cc1cc(F)ccc1Nc1ccc(CNC(=O)C(F)(F)F)cc1.NC1(C(=O)O)CC1. The van der Waals surface area contributed by atoms with E-state index in [0.717, 1.165) is 6.07 Å². The second-order valence-electron chi connectivity index (χ2n) is 6.77. The van der Waals surface area contributed by atoms with E-state index in [4.69, 9.17) is 16.1 Å². The standard InChI is InChI=1S/C16H11F4N3O.C4H7NO2/c17-12-3-6-14(11(7-12)8-21)23-13-4-1-10(2-5-13)9-22-15(24)16(18,19)20;5-4(1-2-4)3(6)7/h1-7,23H,9H2,(H,22,24);1-2,5H2,(H,6,7). The van der Waals surface area contributed by atoms with E-state index in [1.54, 1.807) is 17.4 Å². The average molecular weight is 438 g/mol. The molecular formula is C20H18F4N4O3. The second kappa shape index (κ2) is 9.44. The molecule has 0 atom stereocenters. The molecule has 1 amide bonds. The molecule has 1 aliphatic rings. The van der Waals surface area contributed by atoms with Crippen molar-refractivity contribution in [1.29, 1.82) is 5.26 Å². The Morgan fingerprint density at radius 3 is 2.23 bits per heavy atom. The van der Waals surface area contributed by atoms with Crippen LogP contribution in [0, 0.1) is 17.1 Å². The Kier molecular flexibility index (Phi) is 7.20. The molecule has 1 aliphatic carbocycles. The van der Waals surface area contributed by atoms with Crippen LogP contribution in [-0.4, -0.2) is 28.7 Å². The third-order valence-electron chi connectivity index (χ3n) is 4.26. The molecule has 1 saturated carbocycles. The van der Waals surface area contributed by atoms with Gasteiger partial charge in [0.25, 0.3) is 0 Å². The van der Waals surface area contributed by atoms with Gasteiger partial charge in [0, 0.05) is 12.2 Å². The number of nitrogens with one attached hydrogen (secondary N) is 2. The summed E-state index contributed by atoms with van der Waals surface area (Å²) in [5.41, 5.74) is 5.91. The summed E-state index contributed by atoms with van der Waals surface area (Å²) in [5.74, 6) is -3.41. The lowest BCUT2D eigenvalue weighted by atomic mass is 10.1. The minimum absolute atomic E-state index is 0.122. The first-order chi connectivity index (χ1) is 14.4. The minimum Gasteiger partial charge on any atom is -0.480 e. The molecule has 31 heavy (non-hydrogen) atoms. The molecule has 0 bridgehead atoms. The molecule has 7 nitrogen and oxygen atoms in total. The smallest absolute Gasteiger partial charge is 0.471 e. The molecule has 2 aromatic rings. The quantitative estimate of drug-likeness (QED) is 0.531. The molecule has 0 aromatic heterocycles. The van der Waals surface area contributed by atoms with Crippen LogP contribution in [0.2, 0.25) is 0 Å². The van der Waals surface area contributed by atoms with Crippen molar-refractivity contribution in [3.8, 4) is 6.07 Å². The first-order valence-corrected chi connectivity index (χ1v) is 8.87. The van der Waals surface area contributed by atoms with Gasteiger partial charge in [-0.25, -0.2) is 4.39 Å². The number of carboxylic acid groups (broad SMARTS) is 1. The molecule has 0 heterocycles. The highest BCUT2D eigenvalue weighted by atomic mass is 19.4. The molecule has 0 spiro atoms. The van der Waals surface area contributed by atoms with E-state index in [0.29, 0.717) is 29.8 Å². The number of alkyl halides is 3. The zero-order valence-electron chi connectivity index (χ0n) is 16.0. The molecule has 1 fully saturated rings. The van der Waals surface area contributed by atoms with E-state index >= 15 is 0 Å². The van der Waals surface area contributed by atoms with E-state index in [2.05, 4.69) is 5.32 Å². The monoisotopic (exact) mass is 438 g/mol. The summed E-state index contributed by atoms with van der Waals surface area (Å²) in [5, 5.41) is 21.8. The number of aliphatic carboxylic acids is 1. The predicted molar refractivity (Wildman–Crippen MR) is 103 cm³/mol. The summed E-state index contributed by atoms with van der Waals surface area (Å²) in [4.78, 5) is 20.7.